The SMILES string of the molecule is Cc1[nH][nH]c(=O)c1Br. The lowest BCUT2D eigenvalue weighted by molar-refractivity contribution is 1.02. The first-order valence-electron chi connectivity index (χ1n) is 2.14. The van der Waals surface area contributed by atoms with E-state index in [1.54, 1.807) is 0 Å². The molecule has 0 saturated heterocycles. The molecule has 44 valence electrons. The molecule has 4 heteroatoms. The van der Waals surface area contributed by atoms with Crippen LogP contribution in [0.3, 0.4) is 0 Å². The van der Waals surface area contributed by atoms with E-state index < -0.39 is 0 Å². The highest BCUT2D eigenvalue weighted by Crippen LogP contribution is 2.04. The molecule has 0 aromatic carbocycles. The molecule has 1 heterocycles. The van der Waals surface area contributed by atoms with Gasteiger partial charge in [-0.25, -0.2) is 0 Å². The van der Waals surface area contributed by atoms with Crippen LogP contribution < -0.4 is 5.56 Å². The molecular weight excluding hydrogens is 172 g/mol. The van der Waals surface area contributed by atoms with Crippen molar-refractivity contribution >= 4 is 15.9 Å². The molecule has 3 nitrogen and oxygen atoms in total. The maximum Gasteiger partial charge on any atom is 0.278 e. The maximum atomic E-state index is 10.5. The highest BCUT2D eigenvalue weighted by Gasteiger charge is 1.97. The molecule has 0 aliphatic rings. The van der Waals surface area contributed by atoms with E-state index in [1.165, 1.54) is 0 Å². The molecule has 0 amide bonds. The Morgan fingerprint density at radius 2 is 2.12 bits per heavy atom. The molecule has 0 aliphatic carbocycles. The van der Waals surface area contributed by atoms with Gasteiger partial charge in [0.1, 0.15) is 4.47 Å². The Kier molecular flexibility index (Phi) is 1.25. The summed E-state index contributed by atoms with van der Waals surface area (Å²) in [5.74, 6) is 0. The largest absolute Gasteiger partial charge is 0.301 e. The number of aryl methyl sites for hydroxylation is 1. The fraction of sp³-hybridized carbons (Fsp3) is 0.250. The molecule has 0 radical (unpaired) electrons. The number of H-pyrrole nitrogens is 2. The quantitative estimate of drug-likeness (QED) is 0.604. The number of aromatic nitrogens is 2. The minimum absolute atomic E-state index is 0.109. The molecule has 0 saturated carbocycles. The van der Waals surface area contributed by atoms with Crippen LogP contribution >= 0.6 is 15.9 Å². The van der Waals surface area contributed by atoms with Gasteiger partial charge >= 0.3 is 0 Å². The van der Waals surface area contributed by atoms with Crippen LogP contribution in [0.25, 0.3) is 0 Å². The van der Waals surface area contributed by atoms with Gasteiger partial charge in [0.05, 0.1) is 0 Å². The lowest BCUT2D eigenvalue weighted by Crippen LogP contribution is -1.97. The average molecular weight is 177 g/mol. The molecule has 0 unspecified atom stereocenters. The predicted molar refractivity (Wildman–Crippen MR) is 33.9 cm³/mol. The molecule has 8 heavy (non-hydrogen) atoms. The number of hydrogen-bond acceptors (Lipinski definition) is 1. The Balaban J connectivity index is 3.41. The summed E-state index contributed by atoms with van der Waals surface area (Å²) in [6.07, 6.45) is 0. The fourth-order valence-electron chi connectivity index (χ4n) is 0.431. The summed E-state index contributed by atoms with van der Waals surface area (Å²) < 4.78 is 0.581. The van der Waals surface area contributed by atoms with Crippen molar-refractivity contribution in [1.82, 2.24) is 10.2 Å². The Hall–Kier alpha value is -0.510. The normalized spacial score (nSPS) is 9.75. The molecule has 1 aromatic heterocycles. The van der Waals surface area contributed by atoms with Gasteiger partial charge in [0, 0.05) is 5.69 Å². The summed E-state index contributed by atoms with van der Waals surface area (Å²) in [5, 5.41) is 5.06. The minimum Gasteiger partial charge on any atom is -0.301 e. The van der Waals surface area contributed by atoms with Crippen LogP contribution in [-0.2, 0) is 0 Å². The van der Waals surface area contributed by atoms with E-state index in [4.69, 9.17) is 0 Å². The minimum atomic E-state index is -0.109. The van der Waals surface area contributed by atoms with Crippen molar-refractivity contribution in [3.8, 4) is 0 Å². The van der Waals surface area contributed by atoms with Crippen LogP contribution in [0.15, 0.2) is 9.27 Å². The Morgan fingerprint density at radius 1 is 1.50 bits per heavy atom. The lowest BCUT2D eigenvalue weighted by Gasteiger charge is -1.76. The van der Waals surface area contributed by atoms with Gasteiger partial charge in [-0.15, -0.1) is 0 Å². The van der Waals surface area contributed by atoms with Crippen LogP contribution in [0.1, 0.15) is 5.69 Å². The van der Waals surface area contributed by atoms with Gasteiger partial charge in [-0.3, -0.25) is 9.89 Å². The monoisotopic (exact) mass is 176 g/mol. The van der Waals surface area contributed by atoms with Crippen molar-refractivity contribution in [2.45, 2.75) is 6.92 Å². The predicted octanol–water partition coefficient (Wildman–Crippen LogP) is 0.774. The van der Waals surface area contributed by atoms with Crippen molar-refractivity contribution in [3.63, 3.8) is 0 Å². The van der Waals surface area contributed by atoms with Crippen LogP contribution in [0.5, 0.6) is 0 Å². The Labute approximate surface area is 54.2 Å². The van der Waals surface area contributed by atoms with Crippen LogP contribution in [0.4, 0.5) is 0 Å². The van der Waals surface area contributed by atoms with E-state index in [-0.39, 0.29) is 5.56 Å². The van der Waals surface area contributed by atoms with Crippen molar-refractivity contribution < 1.29 is 0 Å². The topological polar surface area (TPSA) is 48.6 Å². The first kappa shape index (κ1) is 5.62. The number of nitrogens with one attached hydrogen (secondary N) is 2. The second-order valence-corrected chi connectivity index (χ2v) is 2.31. The summed E-state index contributed by atoms with van der Waals surface area (Å²) in [5.41, 5.74) is 0.720. The van der Waals surface area contributed by atoms with E-state index in [0.29, 0.717) is 4.47 Å². The van der Waals surface area contributed by atoms with Crippen molar-refractivity contribution in [2.75, 3.05) is 0 Å². The smallest absolute Gasteiger partial charge is 0.278 e. The first-order chi connectivity index (χ1) is 3.72. The summed E-state index contributed by atoms with van der Waals surface area (Å²) in [6, 6.07) is 0. The van der Waals surface area contributed by atoms with Crippen LogP contribution in [0.2, 0.25) is 0 Å². The van der Waals surface area contributed by atoms with Gasteiger partial charge in [0.25, 0.3) is 5.56 Å². The van der Waals surface area contributed by atoms with Crippen LogP contribution in [0, 0.1) is 6.92 Å². The third-order valence-corrected chi connectivity index (χ3v) is 1.85. The summed E-state index contributed by atoms with van der Waals surface area (Å²) in [7, 11) is 0. The number of aromatic amines is 2. The third-order valence-electron chi connectivity index (χ3n) is 0.892. The fourth-order valence-corrected chi connectivity index (χ4v) is 0.629. The van der Waals surface area contributed by atoms with Gasteiger partial charge in [-0.05, 0) is 22.9 Å². The van der Waals surface area contributed by atoms with E-state index >= 15 is 0 Å². The molecule has 0 fully saturated rings. The Morgan fingerprint density at radius 3 is 2.25 bits per heavy atom. The zero-order chi connectivity index (χ0) is 6.15. The maximum absolute atomic E-state index is 10.5. The summed E-state index contributed by atoms with van der Waals surface area (Å²) >= 11 is 3.07. The third kappa shape index (κ3) is 0.709. The van der Waals surface area contributed by atoms with Crippen molar-refractivity contribution in [2.24, 2.45) is 0 Å². The van der Waals surface area contributed by atoms with E-state index in [0.717, 1.165) is 5.69 Å². The van der Waals surface area contributed by atoms with Crippen LogP contribution in [-0.4, -0.2) is 10.2 Å². The summed E-state index contributed by atoms with van der Waals surface area (Å²) in [4.78, 5) is 10.5. The average Bonchev–Trinajstić information content (AvgIpc) is 1.98. The highest BCUT2D eigenvalue weighted by molar-refractivity contribution is 9.10. The van der Waals surface area contributed by atoms with E-state index in [1.807, 2.05) is 6.92 Å². The zero-order valence-corrected chi connectivity index (χ0v) is 5.87. The van der Waals surface area contributed by atoms with Crippen molar-refractivity contribution in [3.05, 3.63) is 20.5 Å². The molecule has 2 N–H and O–H groups in total. The van der Waals surface area contributed by atoms with Crippen molar-refractivity contribution in [1.29, 1.82) is 0 Å². The first-order valence-corrected chi connectivity index (χ1v) is 2.94. The molecule has 0 atom stereocenters. The van der Waals surface area contributed by atoms with Gasteiger partial charge < -0.3 is 5.10 Å². The highest BCUT2D eigenvalue weighted by atomic mass is 79.9. The van der Waals surface area contributed by atoms with Gasteiger partial charge in [0.15, 0.2) is 0 Å². The van der Waals surface area contributed by atoms with Gasteiger partial charge in [-0.1, -0.05) is 0 Å². The molecule has 0 spiro atoms. The van der Waals surface area contributed by atoms with E-state index in [9.17, 15) is 4.79 Å². The van der Waals surface area contributed by atoms with Gasteiger partial charge in [0.2, 0.25) is 0 Å². The molecule has 0 bridgehead atoms. The molecular formula is C4H5BrN2O. The standard InChI is InChI=1S/C4H5BrN2O/c1-2-3(5)4(8)7-6-2/h1H3,(H2,6,7,8). The Bertz CT molecular complexity index is 236. The van der Waals surface area contributed by atoms with Gasteiger partial charge in [-0.2, -0.15) is 0 Å². The summed E-state index contributed by atoms with van der Waals surface area (Å²) in [6.45, 7) is 1.81. The number of halogens is 1. The second kappa shape index (κ2) is 1.78. The second-order valence-electron chi connectivity index (χ2n) is 1.52. The zero-order valence-electron chi connectivity index (χ0n) is 4.29. The molecule has 0 aliphatic heterocycles. The number of hydrogen-bond donors (Lipinski definition) is 2. The molecule has 1 rings (SSSR count). The lowest BCUT2D eigenvalue weighted by atomic mass is 10.5. The number of rotatable bonds is 0. The molecule has 1 aromatic rings. The van der Waals surface area contributed by atoms with E-state index in [2.05, 4.69) is 26.1 Å².